The maximum absolute atomic E-state index is 12.6. The predicted octanol–water partition coefficient (Wildman–Crippen LogP) is 3.39. The van der Waals surface area contributed by atoms with Gasteiger partial charge in [-0.3, -0.25) is 9.69 Å². The van der Waals surface area contributed by atoms with Crippen LogP contribution in [0.2, 0.25) is 5.02 Å². The van der Waals surface area contributed by atoms with Crippen LogP contribution in [-0.2, 0) is 17.8 Å². The van der Waals surface area contributed by atoms with E-state index in [1.807, 2.05) is 34.9 Å². The van der Waals surface area contributed by atoms with E-state index >= 15 is 0 Å². The zero-order valence-corrected chi connectivity index (χ0v) is 16.7. The molecule has 0 saturated heterocycles. The van der Waals surface area contributed by atoms with Gasteiger partial charge in [0, 0.05) is 29.9 Å². The van der Waals surface area contributed by atoms with Crippen molar-refractivity contribution < 1.29 is 27.9 Å². The van der Waals surface area contributed by atoms with Gasteiger partial charge in [0.05, 0.1) is 17.4 Å². The average Bonchev–Trinajstić information content (AvgIpc) is 3.01. The molecule has 0 bridgehead atoms. The standard InChI is InChI=1S/C18H18ClN3O.C2HF3O2/c1-21-6-5-12-10-22(9-11-3-2-4-13(19)7-11)17-16(12)15(21)8-14(20)18(17)23;3-2(4,5)1(6)7/h2-4,7-8,10,15H,5-6,9,20H2,1H3;(H,6,7). The van der Waals surface area contributed by atoms with E-state index in [0.717, 1.165) is 29.8 Å². The van der Waals surface area contributed by atoms with Crippen molar-refractivity contribution in [3.05, 3.63) is 69.6 Å². The Kier molecular flexibility index (Phi) is 5.96. The number of likely N-dealkylation sites (N-methyl/N-ethyl adjacent to an activating group) is 1. The Morgan fingerprint density at radius 2 is 2.03 bits per heavy atom. The van der Waals surface area contributed by atoms with Crippen molar-refractivity contribution >= 4 is 23.4 Å². The van der Waals surface area contributed by atoms with Crippen molar-refractivity contribution in [2.24, 2.45) is 5.73 Å². The molecule has 6 nitrogen and oxygen atoms in total. The number of carbonyl (C=O) groups excluding carboxylic acids is 1. The van der Waals surface area contributed by atoms with Crippen LogP contribution in [0.25, 0.3) is 0 Å². The summed E-state index contributed by atoms with van der Waals surface area (Å²) in [6.07, 6.45) is -0.133. The number of nitrogens with two attached hydrogens (primary N) is 1. The molecule has 2 aromatic rings. The van der Waals surface area contributed by atoms with Gasteiger partial charge in [0.1, 0.15) is 0 Å². The zero-order valence-electron chi connectivity index (χ0n) is 15.9. The van der Waals surface area contributed by atoms with Gasteiger partial charge in [0.2, 0.25) is 5.78 Å². The Morgan fingerprint density at radius 1 is 1.37 bits per heavy atom. The normalized spacial score (nSPS) is 18.2. The summed E-state index contributed by atoms with van der Waals surface area (Å²) in [5, 5.41) is 7.83. The summed E-state index contributed by atoms with van der Waals surface area (Å²) in [6, 6.07) is 7.84. The van der Waals surface area contributed by atoms with Gasteiger partial charge >= 0.3 is 12.1 Å². The van der Waals surface area contributed by atoms with E-state index in [2.05, 4.69) is 18.1 Å². The molecule has 3 N–H and O–H groups in total. The van der Waals surface area contributed by atoms with Crippen molar-refractivity contribution in [1.29, 1.82) is 0 Å². The highest BCUT2D eigenvalue weighted by molar-refractivity contribution is 6.30. The number of aliphatic carboxylic acids is 1. The van der Waals surface area contributed by atoms with Crippen LogP contribution in [0.3, 0.4) is 0 Å². The molecule has 0 saturated carbocycles. The number of carbonyl (C=O) groups is 2. The second kappa shape index (κ2) is 8.16. The highest BCUT2D eigenvalue weighted by Crippen LogP contribution is 2.38. The monoisotopic (exact) mass is 441 g/mol. The third kappa shape index (κ3) is 4.36. The van der Waals surface area contributed by atoms with E-state index < -0.39 is 12.1 Å². The predicted molar refractivity (Wildman–Crippen MR) is 104 cm³/mol. The van der Waals surface area contributed by atoms with Crippen LogP contribution in [0.15, 0.2) is 42.2 Å². The minimum absolute atomic E-state index is 0.0696. The molecule has 2 aliphatic rings. The van der Waals surface area contributed by atoms with Crippen LogP contribution in [0.1, 0.15) is 33.2 Å². The van der Waals surface area contributed by atoms with E-state index in [9.17, 15) is 18.0 Å². The lowest BCUT2D eigenvalue weighted by molar-refractivity contribution is -0.192. The fourth-order valence-electron chi connectivity index (χ4n) is 3.62. The molecule has 30 heavy (non-hydrogen) atoms. The topological polar surface area (TPSA) is 88.6 Å². The number of hydrogen-bond acceptors (Lipinski definition) is 4. The van der Waals surface area contributed by atoms with Crippen LogP contribution in [0.4, 0.5) is 13.2 Å². The van der Waals surface area contributed by atoms with Gasteiger partial charge in [-0.25, -0.2) is 4.79 Å². The van der Waals surface area contributed by atoms with E-state index in [4.69, 9.17) is 27.2 Å². The summed E-state index contributed by atoms with van der Waals surface area (Å²) in [6.45, 7) is 1.59. The van der Waals surface area contributed by atoms with Crippen LogP contribution in [0, 0.1) is 0 Å². The van der Waals surface area contributed by atoms with E-state index in [1.54, 1.807) is 0 Å². The van der Waals surface area contributed by atoms with Crippen molar-refractivity contribution in [1.82, 2.24) is 9.47 Å². The highest BCUT2D eigenvalue weighted by atomic mass is 35.5. The number of Topliss-reactive ketones (excluding diaryl/α,β-unsaturated/α-hetero) is 1. The zero-order chi connectivity index (χ0) is 22.2. The van der Waals surface area contributed by atoms with Gasteiger partial charge in [-0.1, -0.05) is 23.7 Å². The quantitative estimate of drug-likeness (QED) is 0.745. The summed E-state index contributed by atoms with van der Waals surface area (Å²) in [4.78, 5) is 23.8. The minimum atomic E-state index is -5.08. The third-order valence-electron chi connectivity index (χ3n) is 5.00. The molecular formula is C20H19ClF3N3O3. The first-order valence-corrected chi connectivity index (χ1v) is 9.35. The molecule has 160 valence electrons. The number of hydrogen-bond donors (Lipinski definition) is 2. The second-order valence-corrected chi connectivity index (χ2v) is 7.54. The smallest absolute Gasteiger partial charge is 0.475 e. The van der Waals surface area contributed by atoms with Crippen molar-refractivity contribution in [2.45, 2.75) is 25.2 Å². The van der Waals surface area contributed by atoms with Crippen molar-refractivity contribution in [2.75, 3.05) is 13.6 Å². The van der Waals surface area contributed by atoms with Crippen molar-refractivity contribution in [3.8, 4) is 0 Å². The largest absolute Gasteiger partial charge is 0.490 e. The van der Waals surface area contributed by atoms with Gasteiger partial charge in [0.15, 0.2) is 0 Å². The summed E-state index contributed by atoms with van der Waals surface area (Å²) in [5.74, 6) is -2.83. The van der Waals surface area contributed by atoms with Gasteiger partial charge in [0.25, 0.3) is 0 Å². The average molecular weight is 442 g/mol. The van der Waals surface area contributed by atoms with Gasteiger partial charge in [-0.05, 0) is 42.8 Å². The number of aromatic nitrogens is 1. The number of benzene rings is 1. The van der Waals surface area contributed by atoms with Gasteiger partial charge in [-0.15, -0.1) is 0 Å². The molecule has 1 aliphatic heterocycles. The van der Waals surface area contributed by atoms with Crippen LogP contribution < -0.4 is 5.73 Å². The number of carboxylic acid groups (broad SMARTS) is 1. The molecule has 0 radical (unpaired) electrons. The third-order valence-corrected chi connectivity index (χ3v) is 5.24. The van der Waals surface area contributed by atoms with E-state index in [-0.39, 0.29) is 11.8 Å². The number of nitrogens with zero attached hydrogens (tertiary/aromatic N) is 2. The first kappa shape index (κ1) is 21.9. The molecule has 4 rings (SSSR count). The Morgan fingerprint density at radius 3 is 2.63 bits per heavy atom. The number of allylic oxidation sites excluding steroid dienone is 1. The Bertz CT molecular complexity index is 1030. The van der Waals surface area contributed by atoms with E-state index in [0.29, 0.717) is 17.3 Å². The highest BCUT2D eigenvalue weighted by Gasteiger charge is 2.38. The first-order valence-electron chi connectivity index (χ1n) is 8.97. The molecule has 0 spiro atoms. The van der Waals surface area contributed by atoms with E-state index in [1.165, 1.54) is 5.56 Å². The molecule has 1 aromatic heterocycles. The lowest BCUT2D eigenvalue weighted by atomic mass is 9.88. The molecule has 1 unspecified atom stereocenters. The molecule has 1 aromatic carbocycles. The van der Waals surface area contributed by atoms with Crippen LogP contribution in [0.5, 0.6) is 0 Å². The fraction of sp³-hybridized carbons (Fsp3) is 0.300. The molecule has 2 heterocycles. The summed E-state index contributed by atoms with van der Waals surface area (Å²) < 4.78 is 33.8. The maximum atomic E-state index is 12.6. The number of ketones is 1. The molecule has 0 amide bonds. The molecular weight excluding hydrogens is 423 g/mol. The van der Waals surface area contributed by atoms with Gasteiger partial charge in [-0.2, -0.15) is 13.2 Å². The van der Waals surface area contributed by atoms with Crippen LogP contribution >= 0.6 is 11.6 Å². The molecule has 1 aliphatic carbocycles. The van der Waals surface area contributed by atoms with Crippen molar-refractivity contribution in [3.63, 3.8) is 0 Å². The SMILES string of the molecule is CN1CCc2cn(Cc3cccc(Cl)c3)c3c2C1C=C(N)C3=O.O=C(O)C(F)(F)F. The summed E-state index contributed by atoms with van der Waals surface area (Å²) in [5.41, 5.74) is 10.5. The fourth-order valence-corrected chi connectivity index (χ4v) is 3.83. The first-order chi connectivity index (χ1) is 14.0. The minimum Gasteiger partial charge on any atom is -0.475 e. The Labute approximate surface area is 175 Å². The maximum Gasteiger partial charge on any atom is 0.490 e. The number of rotatable bonds is 2. The summed E-state index contributed by atoms with van der Waals surface area (Å²) >= 11 is 6.08. The number of halogens is 4. The van der Waals surface area contributed by atoms with Crippen LogP contribution in [-0.4, -0.2) is 46.1 Å². The molecule has 1 atom stereocenters. The number of carboxylic acids is 1. The molecule has 0 fully saturated rings. The molecule has 10 heteroatoms. The van der Waals surface area contributed by atoms with Gasteiger partial charge < -0.3 is 15.4 Å². The second-order valence-electron chi connectivity index (χ2n) is 7.10. The lowest BCUT2D eigenvalue weighted by Gasteiger charge is -2.33. The Hall–Kier alpha value is -2.78. The Balaban J connectivity index is 0.000000318. The number of alkyl halides is 3. The lowest BCUT2D eigenvalue weighted by Crippen LogP contribution is -2.35. The summed E-state index contributed by atoms with van der Waals surface area (Å²) in [7, 11) is 2.07.